The van der Waals surface area contributed by atoms with E-state index in [1.54, 1.807) is 12.1 Å². The molecule has 0 radical (unpaired) electrons. The van der Waals surface area contributed by atoms with Crippen LogP contribution < -0.4 is 15.5 Å². The molecule has 0 aliphatic carbocycles. The van der Waals surface area contributed by atoms with Crippen molar-refractivity contribution in [2.24, 2.45) is 5.10 Å². The number of nitrogens with one attached hydrogen (secondary N) is 2. The summed E-state index contributed by atoms with van der Waals surface area (Å²) in [5, 5.41) is 7.87. The molecule has 30 heavy (non-hydrogen) atoms. The maximum absolute atomic E-state index is 12.1. The molecule has 0 aliphatic rings. The molecule has 0 fully saturated rings. The third-order valence-electron chi connectivity index (χ3n) is 4.13. The normalized spacial score (nSPS) is 10.8. The molecular weight excluding hydrogens is 489 g/mol. The second kappa shape index (κ2) is 10.5. The summed E-state index contributed by atoms with van der Waals surface area (Å²) < 4.78 is 6.75. The zero-order chi connectivity index (χ0) is 21.5. The highest BCUT2D eigenvalue weighted by atomic mass is 79.9. The number of anilines is 1. The Hall–Kier alpha value is -2.54. The summed E-state index contributed by atoms with van der Waals surface area (Å²) in [7, 11) is 0. The quantitative estimate of drug-likeness (QED) is 0.285. The number of halogens is 3. The van der Waals surface area contributed by atoms with Crippen LogP contribution in [0, 0.1) is 6.92 Å². The van der Waals surface area contributed by atoms with E-state index in [4.69, 9.17) is 27.9 Å². The van der Waals surface area contributed by atoms with Crippen molar-refractivity contribution in [2.45, 2.75) is 13.5 Å². The number of aryl methyl sites for hydroxylation is 1. The van der Waals surface area contributed by atoms with E-state index >= 15 is 0 Å². The van der Waals surface area contributed by atoms with Gasteiger partial charge in [0.05, 0.1) is 6.21 Å². The van der Waals surface area contributed by atoms with E-state index in [9.17, 15) is 4.79 Å². The van der Waals surface area contributed by atoms with E-state index in [1.165, 1.54) is 6.21 Å². The summed E-state index contributed by atoms with van der Waals surface area (Å²) in [5.74, 6) is 0.592. The minimum absolute atomic E-state index is 0.264. The largest absolute Gasteiger partial charge is 0.488 e. The zero-order valence-corrected chi connectivity index (χ0v) is 19.1. The third kappa shape index (κ3) is 6.23. The van der Waals surface area contributed by atoms with Crippen LogP contribution >= 0.6 is 39.1 Å². The second-order valence-corrected chi connectivity index (χ2v) is 8.10. The first-order valence-corrected chi connectivity index (χ1v) is 10.5. The summed E-state index contributed by atoms with van der Waals surface area (Å²) in [5.41, 5.74) is 5.63. The predicted octanol–water partition coefficient (Wildman–Crippen LogP) is 6.80. The first kappa shape index (κ1) is 22.2. The lowest BCUT2D eigenvalue weighted by Crippen LogP contribution is -2.24. The van der Waals surface area contributed by atoms with Crippen LogP contribution in [0.1, 0.15) is 16.7 Å². The van der Waals surface area contributed by atoms with Crippen LogP contribution in [-0.2, 0) is 6.61 Å². The molecule has 3 rings (SSSR count). The molecule has 8 heteroatoms. The van der Waals surface area contributed by atoms with Crippen LogP contribution in [0.4, 0.5) is 10.5 Å². The highest BCUT2D eigenvalue weighted by Gasteiger charge is 2.07. The Morgan fingerprint density at radius 3 is 2.70 bits per heavy atom. The highest BCUT2D eigenvalue weighted by Crippen LogP contribution is 2.26. The number of ether oxygens (including phenoxy) is 1. The predicted molar refractivity (Wildman–Crippen MR) is 126 cm³/mol. The smallest absolute Gasteiger partial charge is 0.339 e. The van der Waals surface area contributed by atoms with E-state index in [2.05, 4.69) is 31.8 Å². The average molecular weight is 507 g/mol. The second-order valence-electron chi connectivity index (χ2n) is 6.35. The van der Waals surface area contributed by atoms with Crippen molar-refractivity contribution in [2.75, 3.05) is 5.32 Å². The molecule has 2 N–H and O–H groups in total. The zero-order valence-electron chi connectivity index (χ0n) is 16.0. The lowest BCUT2D eigenvalue weighted by molar-refractivity contribution is 0.252. The Kier molecular flexibility index (Phi) is 7.74. The monoisotopic (exact) mass is 505 g/mol. The van der Waals surface area contributed by atoms with E-state index in [-0.39, 0.29) is 6.61 Å². The summed E-state index contributed by atoms with van der Waals surface area (Å²) in [4.78, 5) is 12.1. The van der Waals surface area contributed by atoms with Crippen LogP contribution in [0.2, 0.25) is 10.0 Å². The Balaban J connectivity index is 1.65. The number of urea groups is 1. The summed E-state index contributed by atoms with van der Waals surface area (Å²) in [6.45, 7) is 2.18. The van der Waals surface area contributed by atoms with Gasteiger partial charge in [0.2, 0.25) is 0 Å². The van der Waals surface area contributed by atoms with Crippen molar-refractivity contribution < 1.29 is 9.53 Å². The van der Waals surface area contributed by atoms with Gasteiger partial charge in [-0.25, -0.2) is 10.2 Å². The molecule has 0 atom stereocenters. The summed E-state index contributed by atoms with van der Waals surface area (Å²) in [6, 6.07) is 17.8. The molecule has 0 heterocycles. The number of rotatable bonds is 6. The van der Waals surface area contributed by atoms with Gasteiger partial charge in [0.15, 0.2) is 0 Å². The molecule has 3 aromatic carbocycles. The van der Waals surface area contributed by atoms with Crippen LogP contribution in [0.15, 0.2) is 70.2 Å². The van der Waals surface area contributed by atoms with Gasteiger partial charge in [-0.3, -0.25) is 0 Å². The van der Waals surface area contributed by atoms with Gasteiger partial charge in [0, 0.05) is 31.3 Å². The number of amides is 2. The minimum atomic E-state index is -0.439. The number of hydrazone groups is 1. The Labute approximate surface area is 193 Å². The number of para-hydroxylation sites is 1. The van der Waals surface area contributed by atoms with E-state index in [1.807, 2.05) is 55.5 Å². The molecule has 5 nitrogen and oxygen atoms in total. The van der Waals surface area contributed by atoms with Crippen molar-refractivity contribution in [1.29, 1.82) is 0 Å². The van der Waals surface area contributed by atoms with Crippen molar-refractivity contribution in [1.82, 2.24) is 5.43 Å². The fourth-order valence-corrected chi connectivity index (χ4v) is 3.41. The van der Waals surface area contributed by atoms with Crippen molar-refractivity contribution >= 4 is 57.1 Å². The Bertz CT molecular complexity index is 1090. The van der Waals surface area contributed by atoms with Gasteiger partial charge in [0.1, 0.15) is 12.4 Å². The van der Waals surface area contributed by atoms with Gasteiger partial charge in [0.25, 0.3) is 0 Å². The molecule has 0 aliphatic heterocycles. The number of hydrogen-bond acceptors (Lipinski definition) is 3. The maximum Gasteiger partial charge on any atom is 0.339 e. The van der Waals surface area contributed by atoms with Gasteiger partial charge in [-0.05, 0) is 48.9 Å². The SMILES string of the molecule is Cc1ccccc1NC(=O)NN=Cc1cc(Br)ccc1OCc1ccc(Cl)cc1Cl. The molecule has 0 saturated heterocycles. The third-order valence-corrected chi connectivity index (χ3v) is 5.21. The number of carbonyl (C=O) groups excluding carboxylic acids is 1. The molecule has 154 valence electrons. The van der Waals surface area contributed by atoms with Crippen molar-refractivity contribution in [3.05, 3.63) is 91.9 Å². The standard InChI is InChI=1S/C22H18BrCl2N3O2/c1-14-4-2-3-5-20(14)27-22(29)28-26-12-16-10-17(23)7-9-21(16)30-13-15-6-8-18(24)11-19(15)25/h2-12H,13H2,1H3,(H2,27,28,29). The van der Waals surface area contributed by atoms with Crippen molar-refractivity contribution in [3.63, 3.8) is 0 Å². The van der Waals surface area contributed by atoms with E-state index in [0.29, 0.717) is 21.4 Å². The average Bonchev–Trinajstić information content (AvgIpc) is 2.70. The summed E-state index contributed by atoms with van der Waals surface area (Å²) in [6.07, 6.45) is 1.51. The molecule has 2 amide bonds. The number of benzene rings is 3. The Morgan fingerprint density at radius 2 is 1.93 bits per heavy atom. The van der Waals surface area contributed by atoms with E-state index in [0.717, 1.165) is 21.3 Å². The molecular formula is C22H18BrCl2N3O2. The number of hydrogen-bond donors (Lipinski definition) is 2. The molecule has 0 unspecified atom stereocenters. The topological polar surface area (TPSA) is 62.7 Å². The molecule has 0 aromatic heterocycles. The van der Waals surface area contributed by atoms with Gasteiger partial charge in [-0.1, -0.05) is 63.4 Å². The van der Waals surface area contributed by atoms with Gasteiger partial charge < -0.3 is 10.1 Å². The Morgan fingerprint density at radius 1 is 1.13 bits per heavy atom. The van der Waals surface area contributed by atoms with Gasteiger partial charge in [-0.15, -0.1) is 0 Å². The van der Waals surface area contributed by atoms with Crippen LogP contribution in [0.5, 0.6) is 5.75 Å². The minimum Gasteiger partial charge on any atom is -0.488 e. The molecule has 3 aromatic rings. The summed E-state index contributed by atoms with van der Waals surface area (Å²) >= 11 is 15.6. The fourth-order valence-electron chi connectivity index (χ4n) is 2.57. The van der Waals surface area contributed by atoms with Crippen LogP contribution in [0.25, 0.3) is 0 Å². The lowest BCUT2D eigenvalue weighted by Gasteiger charge is -2.11. The van der Waals surface area contributed by atoms with Crippen molar-refractivity contribution in [3.8, 4) is 5.75 Å². The van der Waals surface area contributed by atoms with Gasteiger partial charge >= 0.3 is 6.03 Å². The molecule has 0 saturated carbocycles. The maximum atomic E-state index is 12.1. The lowest BCUT2D eigenvalue weighted by atomic mass is 10.2. The fraction of sp³-hybridized carbons (Fsp3) is 0.0909. The van der Waals surface area contributed by atoms with E-state index < -0.39 is 6.03 Å². The highest BCUT2D eigenvalue weighted by molar-refractivity contribution is 9.10. The van der Waals surface area contributed by atoms with Crippen LogP contribution in [0.3, 0.4) is 0 Å². The number of carbonyl (C=O) groups is 1. The first-order chi connectivity index (χ1) is 14.4. The molecule has 0 spiro atoms. The van der Waals surface area contributed by atoms with Crippen LogP contribution in [-0.4, -0.2) is 12.2 Å². The molecule has 0 bridgehead atoms. The number of nitrogens with zero attached hydrogens (tertiary/aromatic N) is 1. The first-order valence-electron chi connectivity index (χ1n) is 8.94. The van der Waals surface area contributed by atoms with Gasteiger partial charge in [-0.2, -0.15) is 5.10 Å².